The van der Waals surface area contributed by atoms with Crippen molar-refractivity contribution in [3.8, 4) is 5.75 Å². The van der Waals surface area contributed by atoms with Crippen LogP contribution in [0.25, 0.3) is 10.9 Å². The van der Waals surface area contributed by atoms with Crippen LogP contribution in [-0.4, -0.2) is 34.8 Å². The molecule has 0 fully saturated rings. The zero-order chi connectivity index (χ0) is 22.0. The molecule has 6 nitrogen and oxygen atoms in total. The number of carboxylic acids is 1. The average molecular weight is 430 g/mol. The summed E-state index contributed by atoms with van der Waals surface area (Å²) in [6, 6.07) is 10.6. The Morgan fingerprint density at radius 1 is 1.17 bits per heavy atom. The predicted molar refractivity (Wildman–Crippen MR) is 116 cm³/mol. The fourth-order valence-corrected chi connectivity index (χ4v) is 3.65. The van der Waals surface area contributed by atoms with Gasteiger partial charge in [0.1, 0.15) is 5.75 Å². The number of carbonyl (C=O) groups excluding carboxylic acids is 1. The standard InChI is InChI=1S/C23H24ClNO5/c1-5-20(23(28)29-4)30-21-10-15(6-8-18(21)24)12-25-14(3)13(2)17-11-16(22(26)27)7-9-19(17)25/h6-11,20H,5,12H2,1-4H3,(H,26,27)/t20-/m0/s1. The van der Waals surface area contributed by atoms with Crippen LogP contribution in [0.1, 0.15) is 40.5 Å². The molecular weight excluding hydrogens is 406 g/mol. The average Bonchev–Trinajstić information content (AvgIpc) is 2.97. The first-order valence-electron chi connectivity index (χ1n) is 9.62. The Morgan fingerprint density at radius 3 is 2.53 bits per heavy atom. The molecule has 30 heavy (non-hydrogen) atoms. The Labute approximate surface area is 180 Å². The number of aromatic carboxylic acids is 1. The van der Waals surface area contributed by atoms with Gasteiger partial charge < -0.3 is 19.1 Å². The topological polar surface area (TPSA) is 77.8 Å². The third-order valence-corrected chi connectivity index (χ3v) is 5.64. The Morgan fingerprint density at radius 2 is 1.90 bits per heavy atom. The summed E-state index contributed by atoms with van der Waals surface area (Å²) in [5, 5.41) is 10.6. The van der Waals surface area contributed by atoms with Crippen LogP contribution in [0.4, 0.5) is 0 Å². The van der Waals surface area contributed by atoms with Gasteiger partial charge in [0.25, 0.3) is 0 Å². The van der Waals surface area contributed by atoms with E-state index in [1.807, 2.05) is 39.0 Å². The maximum absolute atomic E-state index is 11.9. The lowest BCUT2D eigenvalue weighted by Gasteiger charge is -2.17. The third-order valence-electron chi connectivity index (χ3n) is 5.33. The molecule has 0 saturated carbocycles. The van der Waals surface area contributed by atoms with Crippen molar-refractivity contribution in [3.05, 3.63) is 63.8 Å². The highest BCUT2D eigenvalue weighted by Gasteiger charge is 2.21. The van der Waals surface area contributed by atoms with E-state index in [4.69, 9.17) is 21.1 Å². The second kappa shape index (κ2) is 8.79. The molecule has 7 heteroatoms. The van der Waals surface area contributed by atoms with Crippen molar-refractivity contribution < 1.29 is 24.2 Å². The smallest absolute Gasteiger partial charge is 0.347 e. The lowest BCUT2D eigenvalue weighted by atomic mass is 10.1. The van der Waals surface area contributed by atoms with Gasteiger partial charge >= 0.3 is 11.9 Å². The minimum atomic E-state index is -0.947. The van der Waals surface area contributed by atoms with Gasteiger partial charge in [-0.3, -0.25) is 0 Å². The van der Waals surface area contributed by atoms with Crippen molar-refractivity contribution in [1.29, 1.82) is 0 Å². The molecule has 0 aliphatic rings. The zero-order valence-electron chi connectivity index (χ0n) is 17.4. The number of nitrogens with zero attached hydrogens (tertiary/aromatic N) is 1. The number of carboxylic acid groups (broad SMARTS) is 1. The summed E-state index contributed by atoms with van der Waals surface area (Å²) < 4.78 is 12.7. The van der Waals surface area contributed by atoms with E-state index in [0.29, 0.717) is 23.7 Å². The summed E-state index contributed by atoms with van der Waals surface area (Å²) in [5.74, 6) is -0.973. The summed E-state index contributed by atoms with van der Waals surface area (Å²) in [5.41, 5.74) is 4.24. The third kappa shape index (κ3) is 4.14. The Kier molecular flexibility index (Phi) is 6.37. The van der Waals surface area contributed by atoms with Crippen LogP contribution in [0, 0.1) is 13.8 Å². The number of fused-ring (bicyclic) bond motifs is 1. The SMILES string of the molecule is CC[C@H](Oc1cc(Cn2c(C)c(C)c3cc(C(=O)O)ccc32)ccc1Cl)C(=O)OC. The maximum atomic E-state index is 11.9. The molecule has 2 aromatic carbocycles. The van der Waals surface area contributed by atoms with Gasteiger partial charge in [0.2, 0.25) is 0 Å². The van der Waals surface area contributed by atoms with Crippen LogP contribution in [0.3, 0.4) is 0 Å². The number of methoxy groups -OCH3 is 1. The minimum absolute atomic E-state index is 0.262. The van der Waals surface area contributed by atoms with Crippen LogP contribution in [-0.2, 0) is 16.1 Å². The van der Waals surface area contributed by atoms with E-state index in [-0.39, 0.29) is 5.56 Å². The number of halogens is 1. The van der Waals surface area contributed by atoms with Crippen LogP contribution in [0.2, 0.25) is 5.02 Å². The highest BCUT2D eigenvalue weighted by Crippen LogP contribution is 2.30. The van der Waals surface area contributed by atoms with E-state index in [0.717, 1.165) is 27.7 Å². The lowest BCUT2D eigenvalue weighted by molar-refractivity contribution is -0.148. The van der Waals surface area contributed by atoms with Gasteiger partial charge in [-0.1, -0.05) is 24.6 Å². The van der Waals surface area contributed by atoms with Crippen molar-refractivity contribution in [2.24, 2.45) is 0 Å². The van der Waals surface area contributed by atoms with E-state index in [1.54, 1.807) is 18.2 Å². The summed E-state index contributed by atoms with van der Waals surface area (Å²) in [7, 11) is 1.32. The number of benzene rings is 2. The number of carbonyl (C=O) groups is 2. The van der Waals surface area contributed by atoms with Gasteiger partial charge in [-0.15, -0.1) is 0 Å². The predicted octanol–water partition coefficient (Wildman–Crippen LogP) is 4.99. The van der Waals surface area contributed by atoms with Crippen molar-refractivity contribution >= 4 is 34.4 Å². The Balaban J connectivity index is 1.97. The number of aryl methyl sites for hydroxylation is 1. The lowest BCUT2D eigenvalue weighted by Crippen LogP contribution is -2.27. The molecule has 0 saturated heterocycles. The molecule has 158 valence electrons. The van der Waals surface area contributed by atoms with Gasteiger partial charge in [-0.25, -0.2) is 9.59 Å². The van der Waals surface area contributed by atoms with E-state index >= 15 is 0 Å². The molecule has 0 amide bonds. The summed E-state index contributed by atoms with van der Waals surface area (Å²) in [4.78, 5) is 23.2. The number of hydrogen-bond acceptors (Lipinski definition) is 4. The molecule has 0 radical (unpaired) electrons. The number of hydrogen-bond donors (Lipinski definition) is 1. The van der Waals surface area contributed by atoms with Gasteiger partial charge in [-0.05, 0) is 61.7 Å². The highest BCUT2D eigenvalue weighted by molar-refractivity contribution is 6.32. The van der Waals surface area contributed by atoms with Gasteiger partial charge in [0.05, 0.1) is 17.7 Å². The molecule has 0 bridgehead atoms. The van der Waals surface area contributed by atoms with Gasteiger partial charge in [0, 0.05) is 23.1 Å². The van der Waals surface area contributed by atoms with E-state index < -0.39 is 18.0 Å². The van der Waals surface area contributed by atoms with Crippen LogP contribution in [0.15, 0.2) is 36.4 Å². The largest absolute Gasteiger partial charge is 0.478 e. The normalized spacial score (nSPS) is 12.0. The molecule has 1 atom stereocenters. The molecule has 1 N–H and O–H groups in total. The van der Waals surface area contributed by atoms with Crippen LogP contribution in [0.5, 0.6) is 5.75 Å². The Hall–Kier alpha value is -2.99. The van der Waals surface area contributed by atoms with E-state index in [1.165, 1.54) is 7.11 Å². The summed E-state index contributed by atoms with van der Waals surface area (Å²) in [6.07, 6.45) is -0.270. The second-order valence-corrected chi connectivity index (χ2v) is 7.54. The van der Waals surface area contributed by atoms with Crippen molar-refractivity contribution in [3.63, 3.8) is 0 Å². The van der Waals surface area contributed by atoms with Gasteiger partial charge in [-0.2, -0.15) is 0 Å². The number of rotatable bonds is 7. The minimum Gasteiger partial charge on any atom is -0.478 e. The second-order valence-electron chi connectivity index (χ2n) is 7.14. The molecule has 1 heterocycles. The monoisotopic (exact) mass is 429 g/mol. The van der Waals surface area contributed by atoms with Crippen molar-refractivity contribution in [2.45, 2.75) is 39.8 Å². The molecule has 0 aliphatic carbocycles. The molecular formula is C23H24ClNO5. The van der Waals surface area contributed by atoms with E-state index in [2.05, 4.69) is 4.57 Å². The molecule has 0 spiro atoms. The van der Waals surface area contributed by atoms with Crippen LogP contribution >= 0.6 is 11.6 Å². The molecule has 0 aliphatic heterocycles. The summed E-state index contributed by atoms with van der Waals surface area (Å²) in [6.45, 7) is 6.37. The first-order chi connectivity index (χ1) is 14.3. The number of esters is 1. The first-order valence-corrected chi connectivity index (χ1v) is 10.00. The fourth-order valence-electron chi connectivity index (χ4n) is 3.49. The van der Waals surface area contributed by atoms with Crippen molar-refractivity contribution in [1.82, 2.24) is 4.57 Å². The zero-order valence-corrected chi connectivity index (χ0v) is 18.1. The number of aromatic nitrogens is 1. The molecule has 0 unspecified atom stereocenters. The van der Waals surface area contributed by atoms with E-state index in [9.17, 15) is 14.7 Å². The molecule has 1 aromatic heterocycles. The van der Waals surface area contributed by atoms with Crippen molar-refractivity contribution in [2.75, 3.05) is 7.11 Å². The Bertz CT molecular complexity index is 1120. The molecule has 3 rings (SSSR count). The van der Waals surface area contributed by atoms with Crippen LogP contribution < -0.4 is 4.74 Å². The highest BCUT2D eigenvalue weighted by atomic mass is 35.5. The fraction of sp³-hybridized carbons (Fsp3) is 0.304. The number of ether oxygens (including phenoxy) is 2. The molecule has 3 aromatic rings. The maximum Gasteiger partial charge on any atom is 0.347 e. The van der Waals surface area contributed by atoms with Gasteiger partial charge in [0.15, 0.2) is 6.10 Å². The quantitative estimate of drug-likeness (QED) is 0.535. The summed E-state index contributed by atoms with van der Waals surface area (Å²) >= 11 is 6.29. The first kappa shape index (κ1) is 21.7.